The molecule has 0 aromatic heterocycles. The Kier molecular flexibility index (Phi) is 5.28. The summed E-state index contributed by atoms with van der Waals surface area (Å²) in [6.45, 7) is -0.587. The highest BCUT2D eigenvalue weighted by Gasteiger charge is 2.45. The van der Waals surface area contributed by atoms with Gasteiger partial charge in [-0.1, -0.05) is 18.2 Å². The second-order valence-electron chi connectivity index (χ2n) is 5.08. The number of benzene rings is 1. The topological polar surface area (TPSA) is 127 Å². The maximum absolute atomic E-state index is 12.1. The summed E-state index contributed by atoms with van der Waals surface area (Å²) in [7, 11) is 0. The Labute approximate surface area is 126 Å². The maximum Gasteiger partial charge on any atom is 0.187 e. The van der Waals surface area contributed by atoms with Crippen LogP contribution in [0.3, 0.4) is 0 Å². The molecule has 5 N–H and O–H groups in total. The first-order valence-corrected chi connectivity index (χ1v) is 6.75. The molecule has 22 heavy (non-hydrogen) atoms. The number of ether oxygens (including phenoxy) is 1. The van der Waals surface area contributed by atoms with Gasteiger partial charge in [-0.15, -0.1) is 0 Å². The fraction of sp³-hybridized carbons (Fsp3) is 0.400. The molecule has 0 unspecified atom stereocenters. The SMILES string of the molecule is O=C(C=Cc1ccc(O)cc1)[C@@H]1O[C@H](CO)[C@@H](O)[C@H](O)[C@H]1O. The number of aliphatic hydroxyl groups excluding tert-OH is 4. The van der Waals surface area contributed by atoms with Gasteiger partial charge in [0.1, 0.15) is 36.3 Å². The Bertz CT molecular complexity index is 537. The highest BCUT2D eigenvalue weighted by atomic mass is 16.5. The molecule has 1 aliphatic heterocycles. The van der Waals surface area contributed by atoms with Crippen LogP contribution in [-0.4, -0.2) is 68.4 Å². The van der Waals surface area contributed by atoms with E-state index in [1.807, 2.05) is 0 Å². The molecule has 7 nitrogen and oxygen atoms in total. The normalized spacial score (nSPS) is 32.3. The highest BCUT2D eigenvalue weighted by molar-refractivity contribution is 5.97. The van der Waals surface area contributed by atoms with Gasteiger partial charge in [-0.25, -0.2) is 0 Å². The summed E-state index contributed by atoms with van der Waals surface area (Å²) in [5.74, 6) is -0.512. The van der Waals surface area contributed by atoms with E-state index in [9.17, 15) is 20.1 Å². The Morgan fingerprint density at radius 3 is 2.32 bits per heavy atom. The van der Waals surface area contributed by atoms with E-state index in [1.165, 1.54) is 24.3 Å². The average molecular weight is 310 g/mol. The van der Waals surface area contributed by atoms with Crippen molar-refractivity contribution >= 4 is 11.9 Å². The lowest BCUT2D eigenvalue weighted by Gasteiger charge is -2.38. The summed E-state index contributed by atoms with van der Waals surface area (Å²) in [4.78, 5) is 12.1. The number of carbonyl (C=O) groups is 1. The molecule has 5 atom stereocenters. The third-order valence-electron chi connectivity index (χ3n) is 3.51. The van der Waals surface area contributed by atoms with E-state index in [-0.39, 0.29) is 5.75 Å². The van der Waals surface area contributed by atoms with Crippen molar-refractivity contribution in [3.63, 3.8) is 0 Å². The number of rotatable bonds is 4. The zero-order chi connectivity index (χ0) is 16.3. The number of aliphatic hydroxyl groups is 4. The van der Waals surface area contributed by atoms with E-state index in [0.717, 1.165) is 0 Å². The quantitative estimate of drug-likeness (QED) is 0.443. The number of hydrogen-bond acceptors (Lipinski definition) is 7. The summed E-state index contributed by atoms with van der Waals surface area (Å²) in [6, 6.07) is 6.09. The zero-order valence-electron chi connectivity index (χ0n) is 11.6. The highest BCUT2D eigenvalue weighted by Crippen LogP contribution is 2.22. The van der Waals surface area contributed by atoms with Gasteiger partial charge >= 0.3 is 0 Å². The molecule has 0 radical (unpaired) electrons. The summed E-state index contributed by atoms with van der Waals surface area (Å²) in [5.41, 5.74) is 0.649. The van der Waals surface area contributed by atoms with Gasteiger partial charge in [0, 0.05) is 0 Å². The Morgan fingerprint density at radius 1 is 1.09 bits per heavy atom. The summed E-state index contributed by atoms with van der Waals surface area (Å²) in [5, 5.41) is 47.3. The van der Waals surface area contributed by atoms with Crippen LogP contribution in [0.15, 0.2) is 30.3 Å². The monoisotopic (exact) mass is 310 g/mol. The molecule has 2 rings (SSSR count). The molecule has 0 bridgehead atoms. The second kappa shape index (κ2) is 6.99. The van der Waals surface area contributed by atoms with Crippen LogP contribution in [0.2, 0.25) is 0 Å². The largest absolute Gasteiger partial charge is 0.508 e. The number of aromatic hydroxyl groups is 1. The van der Waals surface area contributed by atoms with Crippen molar-refractivity contribution in [2.75, 3.05) is 6.61 Å². The maximum atomic E-state index is 12.1. The van der Waals surface area contributed by atoms with Crippen molar-refractivity contribution in [2.24, 2.45) is 0 Å². The fourth-order valence-electron chi connectivity index (χ4n) is 2.20. The van der Waals surface area contributed by atoms with E-state index < -0.39 is 42.9 Å². The van der Waals surface area contributed by atoms with Gasteiger partial charge in [0.05, 0.1) is 6.61 Å². The van der Waals surface area contributed by atoms with Crippen molar-refractivity contribution in [1.29, 1.82) is 0 Å². The Morgan fingerprint density at radius 2 is 1.73 bits per heavy atom. The first-order chi connectivity index (χ1) is 10.4. The van der Waals surface area contributed by atoms with Gasteiger partial charge in [-0.2, -0.15) is 0 Å². The fourth-order valence-corrected chi connectivity index (χ4v) is 2.20. The summed E-state index contributed by atoms with van der Waals surface area (Å²) in [6.07, 6.45) is -4.53. The molecule has 1 heterocycles. The van der Waals surface area contributed by atoms with Crippen LogP contribution in [0.25, 0.3) is 6.08 Å². The van der Waals surface area contributed by atoms with Gasteiger partial charge in [0.15, 0.2) is 5.78 Å². The number of hydrogen-bond donors (Lipinski definition) is 5. The second-order valence-corrected chi connectivity index (χ2v) is 5.08. The van der Waals surface area contributed by atoms with Crippen molar-refractivity contribution in [3.8, 4) is 5.75 Å². The van der Waals surface area contributed by atoms with Crippen molar-refractivity contribution < 1.29 is 35.1 Å². The van der Waals surface area contributed by atoms with Crippen LogP contribution >= 0.6 is 0 Å². The van der Waals surface area contributed by atoms with Crippen LogP contribution in [0, 0.1) is 0 Å². The molecular formula is C15H18O7. The molecule has 0 aliphatic carbocycles. The summed E-state index contributed by atoms with van der Waals surface area (Å²) >= 11 is 0. The van der Waals surface area contributed by atoms with Crippen LogP contribution in [0.1, 0.15) is 5.56 Å². The number of phenols is 1. The van der Waals surface area contributed by atoms with E-state index >= 15 is 0 Å². The van der Waals surface area contributed by atoms with Gasteiger partial charge < -0.3 is 30.3 Å². The molecule has 1 aliphatic rings. The molecule has 1 aromatic carbocycles. The summed E-state index contributed by atoms with van der Waals surface area (Å²) < 4.78 is 5.15. The minimum Gasteiger partial charge on any atom is -0.508 e. The lowest BCUT2D eigenvalue weighted by atomic mass is 9.93. The van der Waals surface area contributed by atoms with Crippen molar-refractivity contribution in [2.45, 2.75) is 30.5 Å². The lowest BCUT2D eigenvalue weighted by molar-refractivity contribution is -0.224. The van der Waals surface area contributed by atoms with Crippen LogP contribution < -0.4 is 0 Å². The van der Waals surface area contributed by atoms with Crippen molar-refractivity contribution in [3.05, 3.63) is 35.9 Å². The molecule has 1 fully saturated rings. The lowest BCUT2D eigenvalue weighted by Crippen LogP contribution is -2.60. The first-order valence-electron chi connectivity index (χ1n) is 6.75. The van der Waals surface area contributed by atoms with Crippen LogP contribution in [0.5, 0.6) is 5.75 Å². The first kappa shape index (κ1) is 16.6. The number of phenolic OH excluding ortho intramolecular Hbond substituents is 1. The van der Waals surface area contributed by atoms with E-state index in [2.05, 4.69) is 0 Å². The van der Waals surface area contributed by atoms with Gasteiger partial charge in [-0.05, 0) is 23.8 Å². The van der Waals surface area contributed by atoms with Crippen molar-refractivity contribution in [1.82, 2.24) is 0 Å². The van der Waals surface area contributed by atoms with Gasteiger partial charge in [0.25, 0.3) is 0 Å². The Hall–Kier alpha value is -1.77. The van der Waals surface area contributed by atoms with E-state index in [4.69, 9.17) is 14.9 Å². The molecular weight excluding hydrogens is 292 g/mol. The smallest absolute Gasteiger partial charge is 0.187 e. The van der Waals surface area contributed by atoms with Crippen LogP contribution in [0.4, 0.5) is 0 Å². The van der Waals surface area contributed by atoms with Gasteiger partial charge in [-0.3, -0.25) is 4.79 Å². The standard InChI is InChI=1S/C15H18O7/c16-7-11-12(19)13(20)14(21)15(22-11)10(18)6-3-8-1-4-9(17)5-2-8/h1-6,11-17,19-21H,7H2/t11-,12-,13+,14-,15+/m1/s1. The number of ketones is 1. The van der Waals surface area contributed by atoms with E-state index in [1.54, 1.807) is 12.1 Å². The molecule has 1 aromatic rings. The third kappa shape index (κ3) is 3.52. The predicted molar refractivity (Wildman–Crippen MR) is 75.9 cm³/mol. The minimum atomic E-state index is -1.59. The molecule has 0 saturated carbocycles. The molecule has 120 valence electrons. The predicted octanol–water partition coefficient (Wildman–Crippen LogP) is -1.18. The molecule has 0 spiro atoms. The number of carbonyl (C=O) groups excluding carboxylic acids is 1. The van der Waals surface area contributed by atoms with Gasteiger partial charge in [0.2, 0.25) is 0 Å². The van der Waals surface area contributed by atoms with E-state index in [0.29, 0.717) is 5.56 Å². The molecule has 7 heteroatoms. The minimum absolute atomic E-state index is 0.0948. The zero-order valence-corrected chi connectivity index (χ0v) is 11.6. The van der Waals surface area contributed by atoms with Crippen LogP contribution in [-0.2, 0) is 9.53 Å². The molecule has 1 saturated heterocycles. The Balaban J connectivity index is 2.09. The third-order valence-corrected chi connectivity index (χ3v) is 3.51. The average Bonchev–Trinajstić information content (AvgIpc) is 2.52. The molecule has 0 amide bonds.